The smallest absolute Gasteiger partial charge is 0.306 e. The van der Waals surface area contributed by atoms with Gasteiger partial charge in [0, 0.05) is 19.3 Å². The molecule has 0 bridgehead atoms. The first-order chi connectivity index (χ1) is 37.0. The molecule has 0 N–H and O–H groups in total. The summed E-state index contributed by atoms with van der Waals surface area (Å²) < 4.78 is 16.9. The highest BCUT2D eigenvalue weighted by molar-refractivity contribution is 5.71. The molecule has 0 aromatic carbocycles. The molecule has 0 spiro atoms. The third-order valence-electron chi connectivity index (χ3n) is 14.5. The van der Waals surface area contributed by atoms with Crippen molar-refractivity contribution in [3.63, 3.8) is 0 Å². The van der Waals surface area contributed by atoms with Crippen molar-refractivity contribution in [3.05, 3.63) is 60.8 Å². The molecule has 0 radical (unpaired) electrons. The number of carbonyl (C=O) groups excluding carboxylic acids is 3. The number of hydrogen-bond donors (Lipinski definition) is 0. The van der Waals surface area contributed by atoms with E-state index in [1.54, 1.807) is 0 Å². The normalized spacial score (nSPS) is 12.4. The zero-order chi connectivity index (χ0) is 54.3. The third-order valence-corrected chi connectivity index (χ3v) is 14.5. The van der Waals surface area contributed by atoms with Gasteiger partial charge in [-0.1, -0.05) is 300 Å². The van der Waals surface area contributed by atoms with E-state index in [4.69, 9.17) is 14.2 Å². The molecule has 0 amide bonds. The minimum atomic E-state index is -0.782. The first-order valence-electron chi connectivity index (χ1n) is 32.8. The van der Waals surface area contributed by atoms with E-state index >= 15 is 0 Å². The highest BCUT2D eigenvalue weighted by atomic mass is 16.6. The summed E-state index contributed by atoms with van der Waals surface area (Å²) in [7, 11) is 0. The van der Waals surface area contributed by atoms with Crippen LogP contribution in [0.1, 0.15) is 342 Å². The molecule has 0 heterocycles. The summed E-state index contributed by atoms with van der Waals surface area (Å²) in [6.45, 7) is 6.55. The van der Waals surface area contributed by atoms with E-state index in [2.05, 4.69) is 81.5 Å². The second-order valence-electron chi connectivity index (χ2n) is 22.0. The lowest BCUT2D eigenvalue weighted by Crippen LogP contribution is -2.30. The fourth-order valence-electron chi connectivity index (χ4n) is 9.61. The Kier molecular flexibility index (Phi) is 61.2. The SMILES string of the molecule is CC/C=C\C/C=C\C/C=C\CCCCCCCC(=O)OC(COC(=O)CCCCCCCCCCCCCCCCC)COC(=O)CCCCCCCCCCCCCCCCC/C=C\C/C=C\CCCCCCC. The first-order valence-corrected chi connectivity index (χ1v) is 32.8. The molecule has 0 rings (SSSR count). The molecule has 6 heteroatoms. The van der Waals surface area contributed by atoms with E-state index in [9.17, 15) is 14.4 Å². The molecule has 0 aliphatic heterocycles. The van der Waals surface area contributed by atoms with Crippen LogP contribution in [0.2, 0.25) is 0 Å². The van der Waals surface area contributed by atoms with E-state index in [0.29, 0.717) is 19.3 Å². The number of allylic oxidation sites excluding steroid dienone is 10. The van der Waals surface area contributed by atoms with E-state index in [0.717, 1.165) is 103 Å². The second kappa shape index (κ2) is 63.6. The summed E-state index contributed by atoms with van der Waals surface area (Å²) in [6.07, 6.45) is 80.9. The van der Waals surface area contributed by atoms with Gasteiger partial charge in [-0.25, -0.2) is 0 Å². The maximum Gasteiger partial charge on any atom is 0.306 e. The topological polar surface area (TPSA) is 78.9 Å². The Morgan fingerprint density at radius 1 is 0.280 bits per heavy atom. The fraction of sp³-hybridized carbons (Fsp3) is 0.812. The molecule has 0 aliphatic carbocycles. The van der Waals surface area contributed by atoms with Crippen LogP contribution in [0.3, 0.4) is 0 Å². The lowest BCUT2D eigenvalue weighted by molar-refractivity contribution is -0.167. The van der Waals surface area contributed by atoms with Crippen molar-refractivity contribution in [2.24, 2.45) is 0 Å². The lowest BCUT2D eigenvalue weighted by Gasteiger charge is -2.18. The second-order valence-corrected chi connectivity index (χ2v) is 22.0. The van der Waals surface area contributed by atoms with Crippen LogP contribution in [0.15, 0.2) is 60.8 Å². The molecule has 0 fully saturated rings. The molecular formula is C69H124O6. The average Bonchev–Trinajstić information content (AvgIpc) is 3.41. The van der Waals surface area contributed by atoms with Crippen LogP contribution in [0.4, 0.5) is 0 Å². The van der Waals surface area contributed by atoms with Crippen molar-refractivity contribution >= 4 is 17.9 Å². The van der Waals surface area contributed by atoms with Crippen molar-refractivity contribution in [1.29, 1.82) is 0 Å². The van der Waals surface area contributed by atoms with Gasteiger partial charge in [0.15, 0.2) is 6.10 Å². The zero-order valence-electron chi connectivity index (χ0n) is 50.1. The van der Waals surface area contributed by atoms with E-state index < -0.39 is 6.10 Å². The van der Waals surface area contributed by atoms with Crippen LogP contribution in [0, 0.1) is 0 Å². The minimum Gasteiger partial charge on any atom is -0.462 e. The van der Waals surface area contributed by atoms with E-state index in [1.165, 1.54) is 199 Å². The van der Waals surface area contributed by atoms with Crippen molar-refractivity contribution < 1.29 is 28.6 Å². The van der Waals surface area contributed by atoms with Crippen molar-refractivity contribution in [1.82, 2.24) is 0 Å². The van der Waals surface area contributed by atoms with Crippen molar-refractivity contribution in [2.45, 2.75) is 348 Å². The summed E-state index contributed by atoms with van der Waals surface area (Å²) in [4.78, 5) is 38.3. The molecule has 0 saturated heterocycles. The standard InChI is InChI=1S/C69H124O6/c1-4-7-10-13-16-19-22-25-28-29-30-31-32-33-34-35-36-37-38-39-42-44-47-50-53-56-59-62-68(71)74-65-66(75-69(72)63-60-57-54-51-48-45-41-27-24-21-18-15-12-9-6-3)64-73-67(70)61-58-55-52-49-46-43-40-26-23-20-17-14-11-8-5-2/h9,12,18,21-22,25,27,29-30,41,66H,4-8,10-11,13-17,19-20,23-24,26,28,31-40,42-65H2,1-3H3/b12-9-,21-18-,25-22-,30-29-,41-27-. The predicted octanol–water partition coefficient (Wildman–Crippen LogP) is 22.3. The van der Waals surface area contributed by atoms with Gasteiger partial charge in [0.25, 0.3) is 0 Å². The largest absolute Gasteiger partial charge is 0.462 e. The molecule has 0 saturated carbocycles. The monoisotopic (exact) mass is 1050 g/mol. The summed E-state index contributed by atoms with van der Waals surface area (Å²) in [5.41, 5.74) is 0. The van der Waals surface area contributed by atoms with Crippen LogP contribution in [0.5, 0.6) is 0 Å². The van der Waals surface area contributed by atoms with Crippen molar-refractivity contribution in [2.75, 3.05) is 13.2 Å². The van der Waals surface area contributed by atoms with Crippen LogP contribution in [-0.4, -0.2) is 37.2 Å². The summed E-state index contributed by atoms with van der Waals surface area (Å²) in [5, 5.41) is 0. The number of carbonyl (C=O) groups is 3. The zero-order valence-corrected chi connectivity index (χ0v) is 50.1. The summed E-state index contributed by atoms with van der Waals surface area (Å²) in [6, 6.07) is 0. The highest BCUT2D eigenvalue weighted by Gasteiger charge is 2.19. The molecule has 0 aliphatic rings. The van der Waals surface area contributed by atoms with Gasteiger partial charge in [0.2, 0.25) is 0 Å². The van der Waals surface area contributed by atoms with Crippen LogP contribution in [-0.2, 0) is 28.6 Å². The highest BCUT2D eigenvalue weighted by Crippen LogP contribution is 2.17. The van der Waals surface area contributed by atoms with Gasteiger partial charge >= 0.3 is 17.9 Å². The number of rotatable bonds is 60. The van der Waals surface area contributed by atoms with Gasteiger partial charge in [-0.2, -0.15) is 0 Å². The minimum absolute atomic E-state index is 0.0773. The molecule has 75 heavy (non-hydrogen) atoms. The van der Waals surface area contributed by atoms with Crippen LogP contribution < -0.4 is 0 Å². The van der Waals surface area contributed by atoms with Gasteiger partial charge in [0.1, 0.15) is 13.2 Å². The maximum absolute atomic E-state index is 12.9. The Labute approximate surface area is 466 Å². The quantitative estimate of drug-likeness (QED) is 0.0261. The van der Waals surface area contributed by atoms with E-state index in [1.807, 2.05) is 0 Å². The number of esters is 3. The Bertz CT molecular complexity index is 1340. The summed E-state index contributed by atoms with van der Waals surface area (Å²) >= 11 is 0. The Morgan fingerprint density at radius 3 is 0.813 bits per heavy atom. The summed E-state index contributed by atoms with van der Waals surface area (Å²) in [5.74, 6) is -0.875. The van der Waals surface area contributed by atoms with Crippen LogP contribution in [0.25, 0.3) is 0 Å². The van der Waals surface area contributed by atoms with Crippen molar-refractivity contribution in [3.8, 4) is 0 Å². The fourth-order valence-corrected chi connectivity index (χ4v) is 9.61. The Hall–Kier alpha value is -2.89. The van der Waals surface area contributed by atoms with Gasteiger partial charge < -0.3 is 14.2 Å². The number of ether oxygens (including phenoxy) is 3. The molecule has 436 valence electrons. The molecule has 0 aromatic rings. The van der Waals surface area contributed by atoms with Gasteiger partial charge in [-0.15, -0.1) is 0 Å². The Morgan fingerprint density at radius 2 is 0.520 bits per heavy atom. The number of hydrogen-bond acceptors (Lipinski definition) is 6. The van der Waals surface area contributed by atoms with Crippen LogP contribution >= 0.6 is 0 Å². The van der Waals surface area contributed by atoms with Gasteiger partial charge in [-0.05, 0) is 83.5 Å². The molecule has 1 atom stereocenters. The lowest BCUT2D eigenvalue weighted by atomic mass is 10.0. The maximum atomic E-state index is 12.9. The molecule has 1 unspecified atom stereocenters. The Balaban J connectivity index is 4.24. The molecule has 6 nitrogen and oxygen atoms in total. The van der Waals surface area contributed by atoms with E-state index in [-0.39, 0.29) is 31.1 Å². The molecular weight excluding hydrogens is 925 g/mol. The van der Waals surface area contributed by atoms with Gasteiger partial charge in [0.05, 0.1) is 0 Å². The third kappa shape index (κ3) is 61.8. The average molecular weight is 1050 g/mol. The first kappa shape index (κ1) is 72.1. The van der Waals surface area contributed by atoms with Gasteiger partial charge in [-0.3, -0.25) is 14.4 Å². The predicted molar refractivity (Wildman–Crippen MR) is 325 cm³/mol. The molecule has 0 aromatic heterocycles. The number of unbranched alkanes of at least 4 members (excludes halogenated alkanes) is 39.